The van der Waals surface area contributed by atoms with Crippen LogP contribution in [0.15, 0.2) is 17.2 Å². The Hall–Kier alpha value is -0.530. The minimum Gasteiger partial charge on any atom is -0.253 e. The maximum absolute atomic E-state index is 6.01. The van der Waals surface area contributed by atoms with E-state index in [1.54, 1.807) is 0 Å². The first-order valence-corrected chi connectivity index (χ1v) is 4.96. The van der Waals surface area contributed by atoms with Gasteiger partial charge in [0, 0.05) is 10.7 Å². The van der Waals surface area contributed by atoms with Crippen molar-refractivity contribution in [3.63, 3.8) is 0 Å². The molecule has 1 aromatic rings. The van der Waals surface area contributed by atoms with Gasteiger partial charge in [-0.3, -0.25) is 4.98 Å². The molecule has 1 aliphatic rings. The van der Waals surface area contributed by atoms with Crippen LogP contribution in [0.5, 0.6) is 0 Å². The first kappa shape index (κ1) is 9.04. The van der Waals surface area contributed by atoms with Gasteiger partial charge in [0.05, 0.1) is 11.1 Å². The van der Waals surface area contributed by atoms with E-state index in [-0.39, 0.29) is 5.38 Å². The Morgan fingerprint density at radius 3 is 3.00 bits per heavy atom. The van der Waals surface area contributed by atoms with Crippen LogP contribution in [0.3, 0.4) is 0 Å². The monoisotopic (exact) mass is 213 g/mol. The Morgan fingerprint density at radius 2 is 2.23 bits per heavy atom. The molecular weight excluding hydrogens is 205 g/mol. The summed E-state index contributed by atoms with van der Waals surface area (Å²) < 4.78 is 0. The van der Waals surface area contributed by atoms with Crippen molar-refractivity contribution in [3.05, 3.63) is 34.1 Å². The van der Waals surface area contributed by atoms with Crippen LogP contribution in [-0.4, -0.2) is 10.4 Å². The summed E-state index contributed by atoms with van der Waals surface area (Å²) in [5, 5.41) is 0.603. The summed E-state index contributed by atoms with van der Waals surface area (Å²) in [7, 11) is 0. The third kappa shape index (κ3) is 1.72. The largest absolute Gasteiger partial charge is 0.253 e. The zero-order valence-corrected chi connectivity index (χ0v) is 8.73. The quantitative estimate of drug-likeness (QED) is 0.604. The van der Waals surface area contributed by atoms with Crippen molar-refractivity contribution in [1.29, 1.82) is 0 Å². The summed E-state index contributed by atoms with van der Waals surface area (Å²) in [5.41, 5.74) is 3.14. The molecule has 0 bridgehead atoms. The molecule has 0 aliphatic heterocycles. The van der Waals surface area contributed by atoms with E-state index in [2.05, 4.69) is 11.1 Å². The Balaban J connectivity index is 2.51. The van der Waals surface area contributed by atoms with Crippen molar-refractivity contribution in [2.45, 2.75) is 18.7 Å². The molecule has 0 radical (unpaired) electrons. The van der Waals surface area contributed by atoms with Crippen LogP contribution >= 0.6 is 23.2 Å². The third-order valence-corrected chi connectivity index (χ3v) is 3.00. The third-order valence-electron chi connectivity index (χ3n) is 2.12. The van der Waals surface area contributed by atoms with E-state index < -0.39 is 0 Å². The molecule has 2 rings (SSSR count). The molecule has 0 fully saturated rings. The fourth-order valence-electron chi connectivity index (χ4n) is 1.41. The van der Waals surface area contributed by atoms with Gasteiger partial charge in [-0.05, 0) is 31.1 Å². The molecule has 1 heterocycles. The highest BCUT2D eigenvalue weighted by Gasteiger charge is 2.18. The van der Waals surface area contributed by atoms with Crippen LogP contribution in [-0.2, 0) is 6.42 Å². The van der Waals surface area contributed by atoms with E-state index in [1.807, 2.05) is 19.1 Å². The number of rotatable bonds is 0. The molecule has 0 aromatic carbocycles. The molecule has 1 nitrogen and oxygen atoms in total. The molecule has 1 unspecified atom stereocenters. The van der Waals surface area contributed by atoms with Crippen molar-refractivity contribution in [2.75, 3.05) is 0 Å². The first-order valence-electron chi connectivity index (χ1n) is 4.14. The SMILES string of the molecule is Cc1ccc2c(n1)C=C(Cl)C(Cl)C2. The highest BCUT2D eigenvalue weighted by atomic mass is 35.5. The van der Waals surface area contributed by atoms with Gasteiger partial charge in [0.2, 0.25) is 0 Å². The standard InChI is InChI=1S/C10H9Cl2N/c1-6-2-3-7-4-8(11)9(12)5-10(7)13-6/h2-3,5,8H,4H2,1H3. The number of alkyl halides is 1. The number of hydrogen-bond acceptors (Lipinski definition) is 1. The molecule has 3 heteroatoms. The van der Waals surface area contributed by atoms with Gasteiger partial charge in [-0.1, -0.05) is 17.7 Å². The Labute approximate surface area is 87.4 Å². The molecular formula is C10H9Cl2N. The average Bonchev–Trinajstić information content (AvgIpc) is 2.08. The lowest BCUT2D eigenvalue weighted by Crippen LogP contribution is -2.11. The van der Waals surface area contributed by atoms with Crippen molar-refractivity contribution in [2.24, 2.45) is 0 Å². The fraction of sp³-hybridized carbons (Fsp3) is 0.300. The Morgan fingerprint density at radius 1 is 1.46 bits per heavy atom. The summed E-state index contributed by atoms with van der Waals surface area (Å²) in [4.78, 5) is 4.38. The van der Waals surface area contributed by atoms with Gasteiger partial charge in [-0.25, -0.2) is 0 Å². The number of allylic oxidation sites excluding steroid dienone is 1. The van der Waals surface area contributed by atoms with Gasteiger partial charge in [-0.2, -0.15) is 0 Å². The maximum Gasteiger partial charge on any atom is 0.0734 e. The van der Waals surface area contributed by atoms with E-state index in [0.29, 0.717) is 5.03 Å². The number of nitrogens with zero attached hydrogens (tertiary/aromatic N) is 1. The van der Waals surface area contributed by atoms with Gasteiger partial charge in [-0.15, -0.1) is 11.6 Å². The van der Waals surface area contributed by atoms with E-state index in [9.17, 15) is 0 Å². The van der Waals surface area contributed by atoms with E-state index in [1.165, 1.54) is 5.56 Å². The smallest absolute Gasteiger partial charge is 0.0734 e. The van der Waals surface area contributed by atoms with Crippen LogP contribution in [0, 0.1) is 6.92 Å². The molecule has 0 spiro atoms. The second kappa shape index (κ2) is 3.32. The normalized spacial score (nSPS) is 20.8. The van der Waals surface area contributed by atoms with E-state index >= 15 is 0 Å². The summed E-state index contributed by atoms with van der Waals surface area (Å²) >= 11 is 11.9. The van der Waals surface area contributed by atoms with Crippen molar-refractivity contribution >= 4 is 29.3 Å². The molecule has 1 aliphatic carbocycles. The van der Waals surface area contributed by atoms with Gasteiger partial charge < -0.3 is 0 Å². The highest BCUT2D eigenvalue weighted by molar-refractivity contribution is 6.39. The van der Waals surface area contributed by atoms with Gasteiger partial charge in [0.25, 0.3) is 0 Å². The van der Waals surface area contributed by atoms with Crippen molar-refractivity contribution < 1.29 is 0 Å². The summed E-state index contributed by atoms with van der Waals surface area (Å²) in [5.74, 6) is 0. The average molecular weight is 214 g/mol. The van der Waals surface area contributed by atoms with Gasteiger partial charge in [0.15, 0.2) is 0 Å². The number of aryl methyl sites for hydroxylation is 1. The zero-order valence-electron chi connectivity index (χ0n) is 7.22. The zero-order chi connectivity index (χ0) is 9.42. The molecule has 68 valence electrons. The van der Waals surface area contributed by atoms with Crippen LogP contribution in [0.2, 0.25) is 0 Å². The summed E-state index contributed by atoms with van der Waals surface area (Å²) in [6, 6.07) is 4.06. The molecule has 0 saturated carbocycles. The second-order valence-corrected chi connectivity index (χ2v) is 4.16. The predicted molar refractivity (Wildman–Crippen MR) is 56.1 cm³/mol. The lowest BCUT2D eigenvalue weighted by molar-refractivity contribution is 0.949. The second-order valence-electron chi connectivity index (χ2n) is 3.20. The Bertz CT molecular complexity index is 371. The van der Waals surface area contributed by atoms with Crippen LogP contribution < -0.4 is 0 Å². The minimum absolute atomic E-state index is 0.0846. The predicted octanol–water partition coefficient (Wildman–Crippen LogP) is 3.13. The van der Waals surface area contributed by atoms with E-state index in [0.717, 1.165) is 17.8 Å². The number of halogens is 2. The topological polar surface area (TPSA) is 12.9 Å². The van der Waals surface area contributed by atoms with Gasteiger partial charge in [0.1, 0.15) is 0 Å². The number of fused-ring (bicyclic) bond motifs is 1. The molecule has 13 heavy (non-hydrogen) atoms. The minimum atomic E-state index is -0.0846. The van der Waals surface area contributed by atoms with Gasteiger partial charge >= 0.3 is 0 Å². The summed E-state index contributed by atoms with van der Waals surface area (Å²) in [6.07, 6.45) is 2.63. The number of pyridine rings is 1. The summed E-state index contributed by atoms with van der Waals surface area (Å²) in [6.45, 7) is 1.97. The number of aromatic nitrogens is 1. The van der Waals surface area contributed by atoms with Crippen LogP contribution in [0.4, 0.5) is 0 Å². The van der Waals surface area contributed by atoms with Crippen LogP contribution in [0.1, 0.15) is 17.0 Å². The van der Waals surface area contributed by atoms with Crippen molar-refractivity contribution in [1.82, 2.24) is 4.98 Å². The van der Waals surface area contributed by atoms with E-state index in [4.69, 9.17) is 23.2 Å². The Kier molecular flexibility index (Phi) is 2.31. The maximum atomic E-state index is 6.01. The molecule has 0 saturated heterocycles. The lowest BCUT2D eigenvalue weighted by Gasteiger charge is -2.16. The number of hydrogen-bond donors (Lipinski definition) is 0. The highest BCUT2D eigenvalue weighted by Crippen LogP contribution is 2.28. The lowest BCUT2D eigenvalue weighted by atomic mass is 10.0. The van der Waals surface area contributed by atoms with Crippen LogP contribution in [0.25, 0.3) is 6.08 Å². The molecule has 1 atom stereocenters. The van der Waals surface area contributed by atoms with Crippen molar-refractivity contribution in [3.8, 4) is 0 Å². The molecule has 0 N–H and O–H groups in total. The fourth-order valence-corrected chi connectivity index (χ4v) is 1.82. The molecule has 0 amide bonds. The first-order chi connectivity index (χ1) is 6.16. The molecule has 1 aromatic heterocycles.